The van der Waals surface area contributed by atoms with Crippen molar-refractivity contribution in [3.63, 3.8) is 0 Å². The second-order valence-corrected chi connectivity index (χ2v) is 15.6. The molecule has 3 aromatic heterocycles. The Morgan fingerprint density at radius 1 is 1.00 bits per heavy atom. The molecule has 1 aliphatic carbocycles. The molecule has 1 saturated carbocycles. The van der Waals surface area contributed by atoms with Crippen LogP contribution in [-0.4, -0.2) is 35.4 Å². The van der Waals surface area contributed by atoms with Gasteiger partial charge in [-0.1, -0.05) is 13.8 Å². The first-order chi connectivity index (χ1) is 21.5. The number of imidazole rings is 1. The number of phosphoric acid groups is 1. The van der Waals surface area contributed by atoms with Crippen molar-refractivity contribution in [1.82, 2.24) is 24.1 Å². The highest BCUT2D eigenvalue weighted by Crippen LogP contribution is 2.55. The quantitative estimate of drug-likeness (QED) is 0.147. The number of aromatic nitrogens is 5. The van der Waals surface area contributed by atoms with Gasteiger partial charge in [-0.05, 0) is 96.2 Å². The van der Waals surface area contributed by atoms with Gasteiger partial charge in [-0.15, -0.1) is 0 Å². The molecule has 0 radical (unpaired) electrons. The van der Waals surface area contributed by atoms with Crippen molar-refractivity contribution in [3.05, 3.63) is 71.8 Å². The Labute approximate surface area is 267 Å². The van der Waals surface area contributed by atoms with Crippen LogP contribution in [0.1, 0.15) is 91.3 Å². The predicted molar refractivity (Wildman–Crippen MR) is 173 cm³/mol. The summed E-state index contributed by atoms with van der Waals surface area (Å²) in [5.74, 6) is -0.491. The van der Waals surface area contributed by atoms with Crippen molar-refractivity contribution >= 4 is 24.4 Å². The minimum Gasteiger partial charge on any atom is -0.296 e. The van der Waals surface area contributed by atoms with E-state index in [1.807, 2.05) is 30.5 Å². The Kier molecular flexibility index (Phi) is 8.20. The molecule has 6 rings (SSSR count). The van der Waals surface area contributed by atoms with Gasteiger partial charge in [0.1, 0.15) is 11.6 Å². The molecular weight excluding hydrogens is 611 g/mol. The maximum Gasteiger partial charge on any atom is 0.477 e. The summed E-state index contributed by atoms with van der Waals surface area (Å²) in [5, 5.41) is 4.62. The Morgan fingerprint density at radius 3 is 2.33 bits per heavy atom. The van der Waals surface area contributed by atoms with E-state index >= 15 is 4.39 Å². The van der Waals surface area contributed by atoms with Crippen LogP contribution in [0.25, 0.3) is 39.1 Å². The zero-order valence-electron chi connectivity index (χ0n) is 27.5. The van der Waals surface area contributed by atoms with Gasteiger partial charge >= 0.3 is 7.82 Å². The molecular formula is C34H40F2N5O4P. The van der Waals surface area contributed by atoms with Crippen LogP contribution in [0.2, 0.25) is 0 Å². The first kappa shape index (κ1) is 32.4. The summed E-state index contributed by atoms with van der Waals surface area (Å²) in [5.41, 5.74) is 3.29. The fraction of sp³-hybridized carbons (Fsp3) is 0.441. The fourth-order valence-corrected chi connectivity index (χ4v) is 7.19. The smallest absolute Gasteiger partial charge is 0.296 e. The molecule has 1 aliphatic rings. The number of rotatable bonds is 9. The molecule has 1 fully saturated rings. The monoisotopic (exact) mass is 651 g/mol. The van der Waals surface area contributed by atoms with Gasteiger partial charge in [0.05, 0.1) is 51.6 Å². The van der Waals surface area contributed by atoms with Gasteiger partial charge in [-0.2, -0.15) is 5.10 Å². The van der Waals surface area contributed by atoms with Crippen LogP contribution in [0.3, 0.4) is 0 Å². The van der Waals surface area contributed by atoms with Crippen molar-refractivity contribution in [1.29, 1.82) is 0 Å². The molecule has 0 atom stereocenters. The zero-order chi connectivity index (χ0) is 33.2. The lowest BCUT2D eigenvalue weighted by molar-refractivity contribution is -0.00702. The molecule has 46 heavy (non-hydrogen) atoms. The second kappa shape index (κ2) is 11.6. The van der Waals surface area contributed by atoms with Crippen LogP contribution in [0.15, 0.2) is 48.9 Å². The third-order valence-electron chi connectivity index (χ3n) is 7.54. The fourth-order valence-electron chi connectivity index (χ4n) is 5.45. The average Bonchev–Trinajstić information content (AvgIpc) is 3.59. The van der Waals surface area contributed by atoms with Crippen LogP contribution >= 0.6 is 7.82 Å². The number of benzene rings is 2. The van der Waals surface area contributed by atoms with Gasteiger partial charge in [-0.3, -0.25) is 23.0 Å². The van der Waals surface area contributed by atoms with Crippen molar-refractivity contribution in [3.8, 4) is 22.5 Å². The molecule has 9 nitrogen and oxygen atoms in total. The Bertz CT molecular complexity index is 1970. The highest BCUT2D eigenvalue weighted by molar-refractivity contribution is 7.48. The van der Waals surface area contributed by atoms with Crippen molar-refractivity contribution < 1.29 is 26.9 Å². The van der Waals surface area contributed by atoms with Crippen molar-refractivity contribution in [2.45, 2.75) is 98.0 Å². The van der Waals surface area contributed by atoms with E-state index in [1.165, 1.54) is 16.9 Å². The van der Waals surface area contributed by atoms with Crippen LogP contribution in [0.5, 0.6) is 0 Å². The van der Waals surface area contributed by atoms with Gasteiger partial charge < -0.3 is 0 Å². The van der Waals surface area contributed by atoms with E-state index in [9.17, 15) is 8.96 Å². The molecule has 0 unspecified atom stereocenters. The van der Waals surface area contributed by atoms with E-state index in [4.69, 9.17) is 18.6 Å². The molecule has 0 N–H and O–H groups in total. The third kappa shape index (κ3) is 6.65. The first-order valence-corrected chi connectivity index (χ1v) is 17.0. The van der Waals surface area contributed by atoms with E-state index in [0.717, 1.165) is 24.1 Å². The molecule has 244 valence electrons. The number of hydrogen-bond acceptors (Lipinski definition) is 7. The van der Waals surface area contributed by atoms with Gasteiger partial charge in [0.15, 0.2) is 12.4 Å². The summed E-state index contributed by atoms with van der Waals surface area (Å²) in [6, 6.07) is 8.44. The summed E-state index contributed by atoms with van der Waals surface area (Å²) < 4.78 is 64.9. The van der Waals surface area contributed by atoms with Crippen LogP contribution in [0.4, 0.5) is 8.78 Å². The largest absolute Gasteiger partial charge is 0.477 e. The normalized spacial score (nSPS) is 14.7. The van der Waals surface area contributed by atoms with Gasteiger partial charge in [-0.25, -0.2) is 23.0 Å². The molecule has 0 bridgehead atoms. The standard InChI is InChI=1S/C34H40F2N5O4P/c1-20(2)24-15-22(11-13-26(24)35)27-18-40-29(17-37-27)39-31(21-9-10-21)32(40)23-12-14-28-25(30(23)36)16-38-41(28)19-43-46(42,44-33(3,4)5)45-34(6,7)8/h11-18,20-21H,9-10,19H2,1-8H3. The Balaban J connectivity index is 1.39. The predicted octanol–water partition coefficient (Wildman–Crippen LogP) is 9.40. The summed E-state index contributed by atoms with van der Waals surface area (Å²) in [6.45, 7) is 14.2. The highest BCUT2D eigenvalue weighted by Gasteiger charge is 2.38. The van der Waals surface area contributed by atoms with Crippen LogP contribution < -0.4 is 0 Å². The molecule has 12 heteroatoms. The molecule has 0 amide bonds. The van der Waals surface area contributed by atoms with Gasteiger partial charge in [0.2, 0.25) is 0 Å². The minimum atomic E-state index is -4.02. The molecule has 0 aliphatic heterocycles. The highest BCUT2D eigenvalue weighted by atomic mass is 31.2. The third-order valence-corrected chi connectivity index (χ3v) is 9.51. The van der Waals surface area contributed by atoms with Crippen molar-refractivity contribution in [2.24, 2.45) is 0 Å². The molecule has 3 heterocycles. The van der Waals surface area contributed by atoms with E-state index in [0.29, 0.717) is 33.7 Å². The summed E-state index contributed by atoms with van der Waals surface area (Å²) in [6.07, 6.45) is 6.88. The van der Waals surface area contributed by atoms with Crippen LogP contribution in [0, 0.1) is 11.6 Å². The lowest BCUT2D eigenvalue weighted by Gasteiger charge is -2.30. The SMILES string of the molecule is CC(C)c1cc(-c2cn3c(-c4ccc5c(cnn5COP(=O)(OC(C)(C)C)OC(C)(C)C)c4F)c(C4CC4)nc3cn2)ccc1F. The lowest BCUT2D eigenvalue weighted by Crippen LogP contribution is -2.25. The zero-order valence-corrected chi connectivity index (χ0v) is 28.4. The van der Waals surface area contributed by atoms with Crippen LogP contribution in [-0.2, 0) is 24.9 Å². The van der Waals surface area contributed by atoms with E-state index in [2.05, 4.69) is 10.1 Å². The maximum absolute atomic E-state index is 16.5. The molecule has 0 spiro atoms. The van der Waals surface area contributed by atoms with Gasteiger partial charge in [0, 0.05) is 23.2 Å². The molecule has 2 aromatic carbocycles. The summed E-state index contributed by atoms with van der Waals surface area (Å²) in [7, 11) is -4.02. The topological polar surface area (TPSA) is 92.8 Å². The summed E-state index contributed by atoms with van der Waals surface area (Å²) in [4.78, 5) is 9.49. The van der Waals surface area contributed by atoms with E-state index < -0.39 is 24.8 Å². The average molecular weight is 652 g/mol. The lowest BCUT2D eigenvalue weighted by atomic mass is 9.99. The van der Waals surface area contributed by atoms with Crippen molar-refractivity contribution in [2.75, 3.05) is 0 Å². The minimum absolute atomic E-state index is 0.00469. The maximum atomic E-state index is 16.5. The number of halogens is 2. The van der Waals surface area contributed by atoms with E-state index in [-0.39, 0.29) is 29.8 Å². The molecule has 0 saturated heterocycles. The Hall–Kier alpha value is -3.50. The first-order valence-electron chi connectivity index (χ1n) is 15.5. The second-order valence-electron chi connectivity index (χ2n) is 14.1. The Morgan fingerprint density at radius 2 is 1.70 bits per heavy atom. The number of hydrogen-bond donors (Lipinski definition) is 0. The molecule has 5 aromatic rings. The summed E-state index contributed by atoms with van der Waals surface area (Å²) >= 11 is 0. The number of fused-ring (bicyclic) bond motifs is 2. The number of phosphoric ester groups is 1. The van der Waals surface area contributed by atoms with Gasteiger partial charge in [0.25, 0.3) is 0 Å². The van der Waals surface area contributed by atoms with E-state index in [1.54, 1.807) is 65.9 Å². The number of nitrogens with zero attached hydrogens (tertiary/aromatic N) is 5.